The van der Waals surface area contributed by atoms with E-state index in [1.807, 2.05) is 13.8 Å². The molecule has 3 rings (SSSR count). The number of aromatic nitrogens is 2. The number of aryl methyl sites for hydroxylation is 2. The zero-order chi connectivity index (χ0) is 15.0. The highest BCUT2D eigenvalue weighted by molar-refractivity contribution is 7.16. The van der Waals surface area contributed by atoms with E-state index >= 15 is 0 Å². The fourth-order valence-electron chi connectivity index (χ4n) is 2.23. The Kier molecular flexibility index (Phi) is 3.51. The Morgan fingerprint density at radius 1 is 1.14 bits per heavy atom. The number of benzene rings is 1. The molecule has 0 spiro atoms. The minimum absolute atomic E-state index is 0.511. The SMILES string of the molecule is Cc1ccc(Cc2noc(-c3c(N)sc(C)c3C)n2)cc1. The topological polar surface area (TPSA) is 64.9 Å². The molecule has 0 bridgehead atoms. The first kappa shape index (κ1) is 13.8. The molecular formula is C16H17N3OS. The summed E-state index contributed by atoms with van der Waals surface area (Å²) in [6.07, 6.45) is 0.659. The van der Waals surface area contributed by atoms with Crippen LogP contribution in [0, 0.1) is 20.8 Å². The fraction of sp³-hybridized carbons (Fsp3) is 0.250. The molecule has 2 N–H and O–H groups in total. The van der Waals surface area contributed by atoms with E-state index < -0.39 is 0 Å². The molecule has 0 saturated heterocycles. The molecule has 2 heterocycles. The van der Waals surface area contributed by atoms with Crippen molar-refractivity contribution in [3.8, 4) is 11.5 Å². The maximum atomic E-state index is 6.04. The first-order valence-corrected chi connectivity index (χ1v) is 7.60. The van der Waals surface area contributed by atoms with E-state index in [1.165, 1.54) is 16.0 Å². The summed E-state index contributed by atoms with van der Waals surface area (Å²) in [4.78, 5) is 5.66. The van der Waals surface area contributed by atoms with E-state index in [0.29, 0.717) is 18.1 Å². The van der Waals surface area contributed by atoms with Crippen LogP contribution in [0.25, 0.3) is 11.5 Å². The highest BCUT2D eigenvalue weighted by atomic mass is 32.1. The lowest BCUT2D eigenvalue weighted by atomic mass is 10.1. The Hall–Kier alpha value is -2.14. The Balaban J connectivity index is 1.88. The zero-order valence-electron chi connectivity index (χ0n) is 12.3. The van der Waals surface area contributed by atoms with Crippen molar-refractivity contribution in [2.24, 2.45) is 0 Å². The molecule has 0 aliphatic rings. The van der Waals surface area contributed by atoms with Crippen molar-refractivity contribution in [2.45, 2.75) is 27.2 Å². The molecule has 0 aliphatic heterocycles. The van der Waals surface area contributed by atoms with Gasteiger partial charge in [0.2, 0.25) is 0 Å². The Morgan fingerprint density at radius 3 is 2.48 bits per heavy atom. The van der Waals surface area contributed by atoms with E-state index in [2.05, 4.69) is 41.3 Å². The molecule has 21 heavy (non-hydrogen) atoms. The van der Waals surface area contributed by atoms with Crippen LogP contribution in [0.4, 0.5) is 5.00 Å². The van der Waals surface area contributed by atoms with E-state index in [1.54, 1.807) is 11.3 Å². The number of nitrogen functional groups attached to an aromatic ring is 1. The zero-order valence-corrected chi connectivity index (χ0v) is 13.1. The molecule has 108 valence electrons. The Labute approximate surface area is 127 Å². The average molecular weight is 299 g/mol. The second-order valence-electron chi connectivity index (χ2n) is 5.20. The van der Waals surface area contributed by atoms with Gasteiger partial charge in [-0.05, 0) is 31.9 Å². The van der Waals surface area contributed by atoms with Crippen LogP contribution in [0.1, 0.15) is 27.4 Å². The lowest BCUT2D eigenvalue weighted by molar-refractivity contribution is 0.424. The van der Waals surface area contributed by atoms with Crippen LogP contribution < -0.4 is 5.73 Å². The number of rotatable bonds is 3. The van der Waals surface area contributed by atoms with Gasteiger partial charge in [-0.25, -0.2) is 0 Å². The molecule has 0 unspecified atom stereocenters. The van der Waals surface area contributed by atoms with Gasteiger partial charge < -0.3 is 10.3 Å². The first-order valence-electron chi connectivity index (χ1n) is 6.78. The van der Waals surface area contributed by atoms with Crippen LogP contribution in [0.2, 0.25) is 0 Å². The van der Waals surface area contributed by atoms with Gasteiger partial charge in [-0.15, -0.1) is 11.3 Å². The molecule has 0 atom stereocenters. The van der Waals surface area contributed by atoms with E-state index in [9.17, 15) is 0 Å². The summed E-state index contributed by atoms with van der Waals surface area (Å²) in [5.41, 5.74) is 10.4. The molecular weight excluding hydrogens is 282 g/mol. The van der Waals surface area contributed by atoms with Crippen LogP contribution in [0.15, 0.2) is 28.8 Å². The van der Waals surface area contributed by atoms with Gasteiger partial charge in [-0.1, -0.05) is 35.0 Å². The highest BCUT2D eigenvalue weighted by Gasteiger charge is 2.18. The summed E-state index contributed by atoms with van der Waals surface area (Å²) in [6, 6.07) is 8.33. The van der Waals surface area contributed by atoms with Gasteiger partial charge in [0, 0.05) is 11.3 Å². The number of hydrogen-bond acceptors (Lipinski definition) is 5. The van der Waals surface area contributed by atoms with E-state index in [0.717, 1.165) is 16.1 Å². The molecule has 0 fully saturated rings. The van der Waals surface area contributed by atoms with Gasteiger partial charge >= 0.3 is 0 Å². The quantitative estimate of drug-likeness (QED) is 0.796. The van der Waals surface area contributed by atoms with Crippen molar-refractivity contribution in [2.75, 3.05) is 5.73 Å². The number of nitrogens with zero attached hydrogens (tertiary/aromatic N) is 2. The molecule has 0 aliphatic carbocycles. The smallest absolute Gasteiger partial charge is 0.261 e. The second kappa shape index (κ2) is 5.33. The van der Waals surface area contributed by atoms with Crippen LogP contribution in [-0.2, 0) is 6.42 Å². The molecule has 5 heteroatoms. The maximum absolute atomic E-state index is 6.04. The number of thiophene rings is 1. The van der Waals surface area contributed by atoms with Crippen LogP contribution in [0.3, 0.4) is 0 Å². The molecule has 1 aromatic carbocycles. The average Bonchev–Trinajstić information content (AvgIpc) is 2.98. The van der Waals surface area contributed by atoms with Gasteiger partial charge in [-0.3, -0.25) is 0 Å². The number of nitrogens with two attached hydrogens (primary N) is 1. The first-order chi connectivity index (χ1) is 10.0. The van der Waals surface area contributed by atoms with E-state index in [-0.39, 0.29) is 0 Å². The summed E-state index contributed by atoms with van der Waals surface area (Å²) in [7, 11) is 0. The van der Waals surface area contributed by atoms with Gasteiger partial charge in [0.15, 0.2) is 5.82 Å². The van der Waals surface area contributed by atoms with Crippen LogP contribution in [0.5, 0.6) is 0 Å². The van der Waals surface area contributed by atoms with Gasteiger partial charge in [0.05, 0.1) is 10.6 Å². The van der Waals surface area contributed by atoms with Crippen molar-refractivity contribution >= 4 is 16.3 Å². The third kappa shape index (κ3) is 2.69. The summed E-state index contributed by atoms with van der Waals surface area (Å²) in [6.45, 7) is 6.14. The minimum atomic E-state index is 0.511. The van der Waals surface area contributed by atoms with Crippen molar-refractivity contribution in [1.29, 1.82) is 0 Å². The Bertz CT molecular complexity index is 771. The molecule has 3 aromatic rings. The summed E-state index contributed by atoms with van der Waals surface area (Å²) in [5.74, 6) is 1.19. The second-order valence-corrected chi connectivity index (χ2v) is 6.46. The molecule has 0 saturated carbocycles. The van der Waals surface area contributed by atoms with Crippen molar-refractivity contribution in [3.63, 3.8) is 0 Å². The van der Waals surface area contributed by atoms with Crippen molar-refractivity contribution in [3.05, 3.63) is 51.7 Å². The minimum Gasteiger partial charge on any atom is -0.390 e. The number of anilines is 1. The molecule has 2 aromatic heterocycles. The summed E-state index contributed by atoms with van der Waals surface area (Å²) < 4.78 is 5.39. The van der Waals surface area contributed by atoms with Gasteiger partial charge in [-0.2, -0.15) is 4.98 Å². The summed E-state index contributed by atoms with van der Waals surface area (Å²) >= 11 is 1.56. The molecule has 0 amide bonds. The number of hydrogen-bond donors (Lipinski definition) is 1. The predicted molar refractivity (Wildman–Crippen MR) is 85.5 cm³/mol. The Morgan fingerprint density at radius 2 is 1.86 bits per heavy atom. The fourth-order valence-corrected chi connectivity index (χ4v) is 3.16. The monoisotopic (exact) mass is 299 g/mol. The van der Waals surface area contributed by atoms with Crippen molar-refractivity contribution in [1.82, 2.24) is 10.1 Å². The van der Waals surface area contributed by atoms with Crippen molar-refractivity contribution < 1.29 is 4.52 Å². The predicted octanol–water partition coefficient (Wildman–Crippen LogP) is 3.90. The van der Waals surface area contributed by atoms with Gasteiger partial charge in [0.1, 0.15) is 0 Å². The lowest BCUT2D eigenvalue weighted by Gasteiger charge is -1.97. The van der Waals surface area contributed by atoms with Crippen LogP contribution >= 0.6 is 11.3 Å². The summed E-state index contributed by atoms with van der Waals surface area (Å²) in [5, 5.41) is 4.80. The van der Waals surface area contributed by atoms with Crippen LogP contribution in [-0.4, -0.2) is 10.1 Å². The van der Waals surface area contributed by atoms with E-state index in [4.69, 9.17) is 10.3 Å². The lowest BCUT2D eigenvalue weighted by Crippen LogP contribution is -1.91. The molecule has 4 nitrogen and oxygen atoms in total. The highest BCUT2D eigenvalue weighted by Crippen LogP contribution is 2.37. The standard InChI is InChI=1S/C16H17N3OS/c1-9-4-6-12(7-5-9)8-13-18-16(20-19-13)14-10(2)11(3)21-15(14)17/h4-7H,8,17H2,1-3H3. The normalized spacial score (nSPS) is 11.0. The third-order valence-corrected chi connectivity index (χ3v) is 4.61. The largest absolute Gasteiger partial charge is 0.390 e. The van der Waals surface area contributed by atoms with Gasteiger partial charge in [0.25, 0.3) is 5.89 Å². The maximum Gasteiger partial charge on any atom is 0.261 e. The third-order valence-electron chi connectivity index (χ3n) is 3.58. The molecule has 0 radical (unpaired) electrons.